The molecule has 5 heterocycles. The molecule has 256 valence electrons. The Hall–Kier alpha value is -4.02. The van der Waals surface area contributed by atoms with Gasteiger partial charge in [-0.25, -0.2) is 22.8 Å². The monoisotopic (exact) mass is 677 g/mol. The molecular weight excluding hydrogens is 633 g/mol. The van der Waals surface area contributed by atoms with Crippen molar-refractivity contribution in [3.63, 3.8) is 0 Å². The Labute approximate surface area is 282 Å². The molecular formula is C35H44FN7O4S. The number of hydrogen-bond acceptors (Lipinski definition) is 10. The second-order valence-corrected chi connectivity index (χ2v) is 15.7. The fourth-order valence-electron chi connectivity index (χ4n) is 7.37. The maximum atomic E-state index is 14.6. The van der Waals surface area contributed by atoms with Gasteiger partial charge in [0.25, 0.3) is 5.91 Å². The molecule has 3 saturated heterocycles. The SMILES string of the molecule is CC#CC(=O)N1CC[C@@H](c2cc(N3CC(CS(C)(=O)=O)C3)c3cnc(Nc4ccnc(N5CC[C@@H](OC)[C@@H](F)C5)n4)cc3c2C(C)C)C1. The molecule has 11 nitrogen and oxygen atoms in total. The van der Waals surface area contributed by atoms with Crippen LogP contribution in [0.4, 0.5) is 27.7 Å². The van der Waals surface area contributed by atoms with Gasteiger partial charge in [0, 0.05) is 81.4 Å². The highest BCUT2D eigenvalue weighted by atomic mass is 32.2. The van der Waals surface area contributed by atoms with Gasteiger partial charge in [-0.3, -0.25) is 4.79 Å². The maximum absolute atomic E-state index is 14.6. The van der Waals surface area contributed by atoms with Gasteiger partial charge in [-0.05, 0) is 66.3 Å². The summed E-state index contributed by atoms with van der Waals surface area (Å²) in [7, 11) is -1.54. The van der Waals surface area contributed by atoms with Gasteiger partial charge in [0.1, 0.15) is 27.6 Å². The van der Waals surface area contributed by atoms with Gasteiger partial charge < -0.3 is 24.8 Å². The van der Waals surface area contributed by atoms with Crippen LogP contribution >= 0.6 is 0 Å². The average Bonchev–Trinajstić information content (AvgIpc) is 3.52. The zero-order chi connectivity index (χ0) is 34.2. The molecule has 1 amide bonds. The molecule has 0 saturated carbocycles. The zero-order valence-corrected chi connectivity index (χ0v) is 29.1. The van der Waals surface area contributed by atoms with Gasteiger partial charge >= 0.3 is 0 Å². The maximum Gasteiger partial charge on any atom is 0.298 e. The van der Waals surface area contributed by atoms with E-state index < -0.39 is 22.1 Å². The Bertz CT molecular complexity index is 1850. The van der Waals surface area contributed by atoms with E-state index in [4.69, 9.17) is 14.7 Å². The number of piperidine rings is 1. The summed E-state index contributed by atoms with van der Waals surface area (Å²) < 4.78 is 43.9. The molecule has 48 heavy (non-hydrogen) atoms. The van der Waals surface area contributed by atoms with Crippen molar-refractivity contribution in [3.8, 4) is 11.8 Å². The molecule has 0 radical (unpaired) electrons. The number of nitrogens with zero attached hydrogens (tertiary/aromatic N) is 6. The number of fused-ring (bicyclic) bond motifs is 1. The summed E-state index contributed by atoms with van der Waals surface area (Å²) in [5.41, 5.74) is 3.42. The van der Waals surface area contributed by atoms with Crippen molar-refractivity contribution < 1.29 is 22.3 Å². The van der Waals surface area contributed by atoms with Crippen LogP contribution in [0, 0.1) is 17.8 Å². The van der Waals surface area contributed by atoms with E-state index in [0.717, 1.165) is 22.9 Å². The number of halogens is 1. The summed E-state index contributed by atoms with van der Waals surface area (Å²) >= 11 is 0. The first-order valence-electron chi connectivity index (χ1n) is 16.6. The lowest BCUT2D eigenvalue weighted by molar-refractivity contribution is -0.124. The van der Waals surface area contributed by atoms with Crippen molar-refractivity contribution in [1.29, 1.82) is 0 Å². The minimum atomic E-state index is -3.08. The van der Waals surface area contributed by atoms with Gasteiger partial charge in [0.15, 0.2) is 0 Å². The molecule has 1 aromatic carbocycles. The topological polar surface area (TPSA) is 121 Å². The van der Waals surface area contributed by atoms with E-state index >= 15 is 0 Å². The Morgan fingerprint density at radius 1 is 1.08 bits per heavy atom. The third kappa shape index (κ3) is 7.20. The molecule has 3 aliphatic rings. The number of hydrogen-bond donors (Lipinski definition) is 1. The number of anilines is 4. The molecule has 0 bridgehead atoms. The third-order valence-electron chi connectivity index (χ3n) is 9.60. The van der Waals surface area contributed by atoms with Crippen LogP contribution in [0.2, 0.25) is 0 Å². The van der Waals surface area contributed by atoms with Crippen molar-refractivity contribution in [1.82, 2.24) is 19.9 Å². The second-order valence-electron chi connectivity index (χ2n) is 13.5. The molecule has 6 rings (SSSR count). The van der Waals surface area contributed by atoms with E-state index in [1.54, 1.807) is 19.2 Å². The number of carbonyl (C=O) groups is 1. The average molecular weight is 678 g/mol. The zero-order valence-electron chi connectivity index (χ0n) is 28.2. The largest absolute Gasteiger partial charge is 0.378 e. The van der Waals surface area contributed by atoms with E-state index in [0.29, 0.717) is 56.7 Å². The first kappa shape index (κ1) is 33.9. The van der Waals surface area contributed by atoms with E-state index in [1.165, 1.54) is 24.5 Å². The molecule has 0 spiro atoms. The smallest absolute Gasteiger partial charge is 0.298 e. The van der Waals surface area contributed by atoms with E-state index in [1.807, 2.05) is 16.0 Å². The molecule has 2 aromatic heterocycles. The highest BCUT2D eigenvalue weighted by Gasteiger charge is 2.35. The molecule has 3 fully saturated rings. The number of benzene rings is 1. The predicted molar refractivity (Wildman–Crippen MR) is 186 cm³/mol. The van der Waals surface area contributed by atoms with Crippen LogP contribution in [-0.2, 0) is 19.4 Å². The number of methoxy groups -OCH3 is 1. The quantitative estimate of drug-likeness (QED) is 0.329. The van der Waals surface area contributed by atoms with Gasteiger partial charge in [0.2, 0.25) is 5.95 Å². The number of pyridine rings is 1. The van der Waals surface area contributed by atoms with Crippen molar-refractivity contribution >= 4 is 49.8 Å². The summed E-state index contributed by atoms with van der Waals surface area (Å²) in [6, 6.07) is 6.06. The Morgan fingerprint density at radius 2 is 1.88 bits per heavy atom. The Morgan fingerprint density at radius 3 is 2.56 bits per heavy atom. The number of aromatic nitrogens is 3. The highest BCUT2D eigenvalue weighted by molar-refractivity contribution is 7.90. The van der Waals surface area contributed by atoms with Gasteiger partial charge in [-0.2, -0.15) is 4.98 Å². The second kappa shape index (κ2) is 13.8. The van der Waals surface area contributed by atoms with Crippen LogP contribution in [0.15, 0.2) is 30.6 Å². The number of rotatable bonds is 9. The van der Waals surface area contributed by atoms with Crippen LogP contribution in [0.1, 0.15) is 56.6 Å². The van der Waals surface area contributed by atoms with Gasteiger partial charge in [-0.1, -0.05) is 19.8 Å². The number of alkyl halides is 1. The van der Waals surface area contributed by atoms with Gasteiger partial charge in [-0.15, -0.1) is 0 Å². The normalized spacial score (nSPS) is 21.7. The third-order valence-corrected chi connectivity index (χ3v) is 10.7. The fraction of sp³-hybridized carbons (Fsp3) is 0.543. The lowest BCUT2D eigenvalue weighted by atomic mass is 9.83. The van der Waals surface area contributed by atoms with Crippen molar-refractivity contribution in [3.05, 3.63) is 41.7 Å². The highest BCUT2D eigenvalue weighted by Crippen LogP contribution is 2.43. The molecule has 0 aliphatic carbocycles. The summed E-state index contributed by atoms with van der Waals surface area (Å²) in [6.45, 7) is 9.33. The molecule has 13 heteroatoms. The minimum Gasteiger partial charge on any atom is -0.378 e. The fourth-order valence-corrected chi connectivity index (χ4v) is 8.44. The van der Waals surface area contributed by atoms with Crippen LogP contribution in [0.3, 0.4) is 0 Å². The van der Waals surface area contributed by atoms with Crippen molar-refractivity contribution in [2.45, 2.75) is 57.7 Å². The van der Waals surface area contributed by atoms with Crippen molar-refractivity contribution in [2.24, 2.45) is 5.92 Å². The first-order chi connectivity index (χ1) is 22.9. The Kier molecular flexibility index (Phi) is 9.76. The van der Waals surface area contributed by atoms with E-state index in [2.05, 4.69) is 53.0 Å². The van der Waals surface area contributed by atoms with Crippen molar-refractivity contribution in [2.75, 3.05) is 73.5 Å². The standard InChI is InChI=1S/C35H44FN7O4S/c1-6-7-33(44)41-12-9-24(19-41)25-14-29(43-17-23(18-43)21-48(5,45)46)27-16-38-32(15-26(27)34(25)22(2)3)39-31-8-11-37-35(40-31)42-13-10-30(47-4)28(36)20-42/h8,11,14-16,22-24,28,30H,9-10,12-13,17-21H2,1-5H3,(H,37,38,39,40)/t24-,28+,30-/m1/s1. The van der Waals surface area contributed by atoms with Crippen LogP contribution in [-0.4, -0.2) is 105 Å². The number of sulfone groups is 1. The molecule has 3 aliphatic heterocycles. The predicted octanol–water partition coefficient (Wildman–Crippen LogP) is 4.28. The molecule has 3 atom stereocenters. The number of ether oxygens (including phenoxy) is 1. The van der Waals surface area contributed by atoms with Crippen LogP contribution in [0.25, 0.3) is 10.8 Å². The number of likely N-dealkylation sites (tertiary alicyclic amines) is 1. The van der Waals surface area contributed by atoms with E-state index in [-0.39, 0.29) is 36.0 Å². The summed E-state index contributed by atoms with van der Waals surface area (Å²) in [5, 5.41) is 5.40. The molecule has 3 aromatic rings. The summed E-state index contributed by atoms with van der Waals surface area (Å²) in [6.07, 6.45) is 4.66. The number of amides is 1. The van der Waals surface area contributed by atoms with E-state index in [9.17, 15) is 17.6 Å². The van der Waals surface area contributed by atoms with Crippen LogP contribution < -0.4 is 15.1 Å². The number of carbonyl (C=O) groups excluding carboxylic acids is 1. The van der Waals surface area contributed by atoms with Crippen LogP contribution in [0.5, 0.6) is 0 Å². The minimum absolute atomic E-state index is 0.0734. The molecule has 1 N–H and O–H groups in total. The summed E-state index contributed by atoms with van der Waals surface area (Å²) in [5.74, 6) is 7.42. The number of nitrogens with one attached hydrogen (secondary N) is 1. The molecule has 0 unspecified atom stereocenters. The Balaban J connectivity index is 1.35. The summed E-state index contributed by atoms with van der Waals surface area (Å²) in [4.78, 5) is 32.4. The lowest BCUT2D eigenvalue weighted by Crippen LogP contribution is -2.49. The first-order valence-corrected chi connectivity index (χ1v) is 18.6. The van der Waals surface area contributed by atoms with Gasteiger partial charge in [0.05, 0.1) is 18.4 Å². The lowest BCUT2D eigenvalue weighted by Gasteiger charge is -2.42.